The molecular formula is C21H29NO2. The zero-order valence-corrected chi connectivity index (χ0v) is 14.7. The molecule has 1 amide bonds. The van der Waals surface area contributed by atoms with E-state index in [-0.39, 0.29) is 24.0 Å². The van der Waals surface area contributed by atoms with Crippen LogP contribution < -0.4 is 0 Å². The van der Waals surface area contributed by atoms with Crippen molar-refractivity contribution in [2.75, 3.05) is 6.61 Å². The van der Waals surface area contributed by atoms with Gasteiger partial charge in [0.25, 0.3) is 0 Å². The Labute approximate surface area is 145 Å². The third-order valence-corrected chi connectivity index (χ3v) is 5.85. The molecule has 0 radical (unpaired) electrons. The molecule has 3 atom stereocenters. The van der Waals surface area contributed by atoms with Crippen molar-refractivity contribution >= 4 is 5.91 Å². The van der Waals surface area contributed by atoms with Gasteiger partial charge in [0.05, 0.1) is 6.61 Å². The molecule has 2 saturated heterocycles. The fourth-order valence-electron chi connectivity index (χ4n) is 4.75. The molecule has 0 unspecified atom stereocenters. The van der Waals surface area contributed by atoms with Crippen LogP contribution in [0.1, 0.15) is 51.0 Å². The van der Waals surface area contributed by atoms with E-state index in [1.165, 1.54) is 5.56 Å². The Bertz CT molecular complexity index is 583. The number of benzene rings is 1. The molecule has 0 spiro atoms. The van der Waals surface area contributed by atoms with E-state index < -0.39 is 0 Å². The van der Waals surface area contributed by atoms with Crippen molar-refractivity contribution < 1.29 is 9.90 Å². The minimum absolute atomic E-state index is 0.150. The summed E-state index contributed by atoms with van der Waals surface area (Å²) in [5.41, 5.74) is 1.11. The van der Waals surface area contributed by atoms with Crippen LogP contribution in [0, 0.1) is 5.41 Å². The van der Waals surface area contributed by atoms with Crippen LogP contribution in [0.25, 0.3) is 0 Å². The first kappa shape index (κ1) is 17.2. The highest BCUT2D eigenvalue weighted by Gasteiger charge is 2.56. The Morgan fingerprint density at radius 2 is 2.12 bits per heavy atom. The van der Waals surface area contributed by atoms with Gasteiger partial charge in [0.15, 0.2) is 0 Å². The SMILES string of the molecule is C/C=C/CCCC(=O)N1[C@H]2CC[C@@H]1[C@@](CO)(Cc1ccccc1)C2. The summed E-state index contributed by atoms with van der Waals surface area (Å²) in [5, 5.41) is 10.2. The molecule has 1 N–H and O–H groups in total. The molecule has 130 valence electrons. The van der Waals surface area contributed by atoms with Crippen molar-refractivity contribution in [3.8, 4) is 0 Å². The normalized spacial score (nSPS) is 28.8. The highest BCUT2D eigenvalue weighted by Crippen LogP contribution is 2.51. The third-order valence-electron chi connectivity index (χ3n) is 5.85. The lowest BCUT2D eigenvalue weighted by Gasteiger charge is -2.36. The Hall–Kier alpha value is -1.61. The van der Waals surface area contributed by atoms with Gasteiger partial charge >= 0.3 is 0 Å². The molecule has 2 aliphatic heterocycles. The first-order valence-corrected chi connectivity index (χ1v) is 9.27. The number of unbranched alkanes of at least 4 members (excludes halogenated alkanes) is 1. The largest absolute Gasteiger partial charge is 0.396 e. The lowest BCUT2D eigenvalue weighted by Crippen LogP contribution is -2.43. The number of carbonyl (C=O) groups excluding carboxylic acids is 1. The number of amides is 1. The molecular weight excluding hydrogens is 298 g/mol. The number of rotatable bonds is 7. The van der Waals surface area contributed by atoms with Gasteiger partial charge in [-0.15, -0.1) is 0 Å². The molecule has 3 rings (SSSR count). The van der Waals surface area contributed by atoms with Crippen molar-refractivity contribution in [3.05, 3.63) is 48.0 Å². The number of hydrogen-bond donors (Lipinski definition) is 1. The molecule has 2 fully saturated rings. The van der Waals surface area contributed by atoms with Crippen LogP contribution in [0.15, 0.2) is 42.5 Å². The van der Waals surface area contributed by atoms with Crippen molar-refractivity contribution in [1.29, 1.82) is 0 Å². The lowest BCUT2D eigenvalue weighted by molar-refractivity contribution is -0.133. The van der Waals surface area contributed by atoms with Gasteiger partial charge in [-0.3, -0.25) is 4.79 Å². The van der Waals surface area contributed by atoms with Crippen LogP contribution in [-0.2, 0) is 11.2 Å². The summed E-state index contributed by atoms with van der Waals surface area (Å²) in [6, 6.07) is 10.9. The standard InChI is InChI=1S/C21H29NO2/c1-2-3-4-8-11-20(24)22-18-12-13-19(22)21(15-18,16-23)14-17-9-6-5-7-10-17/h2-3,5-7,9-10,18-19,23H,4,8,11-16H2,1H3/b3-2+/t18-,19+,21-/m0/s1. The average molecular weight is 327 g/mol. The van der Waals surface area contributed by atoms with Crippen LogP contribution in [0.2, 0.25) is 0 Å². The van der Waals surface area contributed by atoms with E-state index in [1.807, 2.05) is 19.1 Å². The molecule has 2 heterocycles. The summed E-state index contributed by atoms with van der Waals surface area (Å²) in [6.45, 7) is 2.19. The molecule has 0 saturated carbocycles. The highest BCUT2D eigenvalue weighted by molar-refractivity contribution is 5.78. The fourth-order valence-corrected chi connectivity index (χ4v) is 4.75. The van der Waals surface area contributed by atoms with Crippen molar-refractivity contribution in [2.45, 2.75) is 64.0 Å². The number of carbonyl (C=O) groups is 1. The summed E-state index contributed by atoms with van der Waals surface area (Å²) >= 11 is 0. The predicted molar refractivity (Wildman–Crippen MR) is 96.6 cm³/mol. The first-order valence-electron chi connectivity index (χ1n) is 9.27. The quantitative estimate of drug-likeness (QED) is 0.612. The van der Waals surface area contributed by atoms with Crippen molar-refractivity contribution in [3.63, 3.8) is 0 Å². The fraction of sp³-hybridized carbons (Fsp3) is 0.571. The smallest absolute Gasteiger partial charge is 0.223 e. The van der Waals surface area contributed by atoms with E-state index in [4.69, 9.17) is 0 Å². The Morgan fingerprint density at radius 3 is 2.83 bits per heavy atom. The minimum atomic E-state index is -0.150. The Balaban J connectivity index is 1.70. The van der Waals surface area contributed by atoms with Gasteiger partial charge in [0.2, 0.25) is 5.91 Å². The maximum atomic E-state index is 12.7. The number of hydrogen-bond acceptors (Lipinski definition) is 2. The molecule has 0 aliphatic carbocycles. The molecule has 0 aromatic heterocycles. The van der Waals surface area contributed by atoms with Gasteiger partial charge < -0.3 is 10.0 Å². The first-order chi connectivity index (χ1) is 11.7. The molecule has 2 aliphatic rings. The second-order valence-electron chi connectivity index (χ2n) is 7.40. The van der Waals surface area contributed by atoms with Crippen LogP contribution >= 0.6 is 0 Å². The van der Waals surface area contributed by atoms with E-state index in [2.05, 4.69) is 35.2 Å². The van der Waals surface area contributed by atoms with Gasteiger partial charge in [-0.25, -0.2) is 0 Å². The second-order valence-corrected chi connectivity index (χ2v) is 7.40. The summed E-state index contributed by atoms with van der Waals surface area (Å²) in [7, 11) is 0. The molecule has 1 aromatic rings. The molecule has 2 bridgehead atoms. The topological polar surface area (TPSA) is 40.5 Å². The summed E-state index contributed by atoms with van der Waals surface area (Å²) in [6.07, 6.45) is 10.6. The zero-order chi connectivity index (χ0) is 17.0. The van der Waals surface area contributed by atoms with Crippen LogP contribution in [0.4, 0.5) is 0 Å². The maximum absolute atomic E-state index is 12.7. The van der Waals surface area contributed by atoms with Gasteiger partial charge in [-0.05, 0) is 51.0 Å². The highest BCUT2D eigenvalue weighted by atomic mass is 16.3. The van der Waals surface area contributed by atoms with Crippen LogP contribution in [-0.4, -0.2) is 34.6 Å². The molecule has 24 heavy (non-hydrogen) atoms. The summed E-state index contributed by atoms with van der Waals surface area (Å²) < 4.78 is 0. The van der Waals surface area contributed by atoms with Gasteiger partial charge in [-0.1, -0.05) is 42.5 Å². The zero-order valence-electron chi connectivity index (χ0n) is 14.7. The van der Waals surface area contributed by atoms with Crippen molar-refractivity contribution in [2.24, 2.45) is 5.41 Å². The average Bonchev–Trinajstić information content (AvgIpc) is 3.15. The minimum Gasteiger partial charge on any atom is -0.396 e. The van der Waals surface area contributed by atoms with Gasteiger partial charge in [0, 0.05) is 23.9 Å². The summed E-state index contributed by atoms with van der Waals surface area (Å²) in [5.74, 6) is 0.287. The molecule has 3 nitrogen and oxygen atoms in total. The van der Waals surface area contributed by atoms with Gasteiger partial charge in [-0.2, -0.15) is 0 Å². The maximum Gasteiger partial charge on any atom is 0.223 e. The Kier molecular flexibility index (Phi) is 5.40. The lowest BCUT2D eigenvalue weighted by atomic mass is 9.70. The van der Waals surface area contributed by atoms with Crippen LogP contribution in [0.3, 0.4) is 0 Å². The van der Waals surface area contributed by atoms with E-state index >= 15 is 0 Å². The van der Waals surface area contributed by atoms with E-state index in [0.29, 0.717) is 12.5 Å². The Morgan fingerprint density at radius 1 is 1.33 bits per heavy atom. The number of aliphatic hydroxyl groups is 1. The van der Waals surface area contributed by atoms with E-state index in [0.717, 1.165) is 38.5 Å². The second kappa shape index (κ2) is 7.52. The number of aliphatic hydroxyl groups excluding tert-OH is 1. The summed E-state index contributed by atoms with van der Waals surface area (Å²) in [4.78, 5) is 14.9. The van der Waals surface area contributed by atoms with Crippen LogP contribution in [0.5, 0.6) is 0 Å². The number of allylic oxidation sites excluding steroid dienone is 2. The van der Waals surface area contributed by atoms with Crippen molar-refractivity contribution in [1.82, 2.24) is 4.90 Å². The number of nitrogens with zero attached hydrogens (tertiary/aromatic N) is 1. The van der Waals surface area contributed by atoms with E-state index in [9.17, 15) is 9.90 Å². The molecule has 3 heteroatoms. The van der Waals surface area contributed by atoms with Gasteiger partial charge in [0.1, 0.15) is 0 Å². The monoisotopic (exact) mass is 327 g/mol. The predicted octanol–water partition coefficient (Wildman–Crippen LogP) is 3.72. The molecule has 1 aromatic carbocycles. The number of fused-ring (bicyclic) bond motifs is 2. The third kappa shape index (κ3) is 3.27. The van der Waals surface area contributed by atoms with E-state index in [1.54, 1.807) is 0 Å².